The number of alkyl halides is 3. The van der Waals surface area contributed by atoms with E-state index < -0.39 is 30.0 Å². The SMILES string of the molecule is FC1COCCC1Nc1nc2c(N3CC4C(C3)C4(F)F)c(-c3cn[nH]c3)ncn2n1. The Kier molecular flexibility index (Phi) is 3.77. The van der Waals surface area contributed by atoms with E-state index in [9.17, 15) is 13.2 Å². The van der Waals surface area contributed by atoms with Gasteiger partial charge in [0.05, 0.1) is 30.7 Å². The van der Waals surface area contributed by atoms with Gasteiger partial charge in [-0.15, -0.1) is 5.10 Å². The molecule has 12 heteroatoms. The number of nitrogens with one attached hydrogen (secondary N) is 2. The smallest absolute Gasteiger partial charge is 0.258 e. The molecule has 2 N–H and O–H groups in total. The molecule has 2 aliphatic heterocycles. The van der Waals surface area contributed by atoms with Gasteiger partial charge in [0, 0.05) is 31.5 Å². The molecule has 158 valence electrons. The van der Waals surface area contributed by atoms with Crippen LogP contribution in [0.2, 0.25) is 0 Å². The average Bonchev–Trinajstić information content (AvgIpc) is 3.31. The molecule has 30 heavy (non-hydrogen) atoms. The minimum Gasteiger partial charge on any atom is -0.378 e. The molecule has 3 aromatic heterocycles. The molecule has 4 atom stereocenters. The van der Waals surface area contributed by atoms with Crippen LogP contribution in [0.3, 0.4) is 0 Å². The van der Waals surface area contributed by atoms with E-state index in [0.29, 0.717) is 30.1 Å². The standard InChI is InChI=1S/C18H19F3N8O/c19-12-7-30-2-1-13(12)25-17-26-16-15(28-5-10-11(6-28)18(10,20)21)14(9-3-23-24-4-9)22-8-29(16)27-17/h3-4,8,10-13H,1-2,5-7H2,(H,23,24)(H,25,27). The highest BCUT2D eigenvalue weighted by molar-refractivity contribution is 5.85. The first kappa shape index (κ1) is 17.9. The summed E-state index contributed by atoms with van der Waals surface area (Å²) in [7, 11) is 0. The van der Waals surface area contributed by atoms with Crippen LogP contribution >= 0.6 is 0 Å². The number of hydrogen-bond donors (Lipinski definition) is 2. The highest BCUT2D eigenvalue weighted by Gasteiger charge is 2.72. The molecule has 2 saturated heterocycles. The summed E-state index contributed by atoms with van der Waals surface area (Å²) in [6.07, 6.45) is 4.18. The topological polar surface area (TPSA) is 96.3 Å². The van der Waals surface area contributed by atoms with Gasteiger partial charge in [0.15, 0.2) is 5.65 Å². The lowest BCUT2D eigenvalue weighted by Gasteiger charge is -2.26. The lowest BCUT2D eigenvalue weighted by Crippen LogP contribution is -2.39. The predicted molar refractivity (Wildman–Crippen MR) is 100 cm³/mol. The van der Waals surface area contributed by atoms with Gasteiger partial charge in [-0.3, -0.25) is 5.10 Å². The number of aromatic amines is 1. The van der Waals surface area contributed by atoms with Crippen LogP contribution < -0.4 is 10.2 Å². The molecule has 0 radical (unpaired) electrons. The Hall–Kier alpha value is -2.89. The molecule has 1 saturated carbocycles. The minimum absolute atomic E-state index is 0.0350. The fraction of sp³-hybridized carbons (Fsp3) is 0.556. The summed E-state index contributed by atoms with van der Waals surface area (Å²) >= 11 is 0. The maximum absolute atomic E-state index is 14.1. The lowest BCUT2D eigenvalue weighted by atomic mass is 10.1. The van der Waals surface area contributed by atoms with E-state index in [-0.39, 0.29) is 25.6 Å². The first-order chi connectivity index (χ1) is 14.5. The highest BCUT2D eigenvalue weighted by atomic mass is 19.3. The van der Waals surface area contributed by atoms with Gasteiger partial charge >= 0.3 is 0 Å². The highest BCUT2D eigenvalue weighted by Crippen LogP contribution is 2.60. The summed E-state index contributed by atoms with van der Waals surface area (Å²) in [5.41, 5.74) is 2.43. The van der Waals surface area contributed by atoms with Crippen molar-refractivity contribution in [2.75, 3.05) is 36.5 Å². The molecule has 6 rings (SSSR count). The van der Waals surface area contributed by atoms with Gasteiger partial charge in [0.2, 0.25) is 5.95 Å². The second-order valence-corrected chi connectivity index (χ2v) is 8.06. The van der Waals surface area contributed by atoms with Gasteiger partial charge in [-0.2, -0.15) is 14.6 Å². The number of fused-ring (bicyclic) bond motifs is 2. The third kappa shape index (κ3) is 2.66. The Morgan fingerprint density at radius 1 is 1.27 bits per heavy atom. The zero-order chi connectivity index (χ0) is 20.5. The Bertz CT molecular complexity index is 1070. The second kappa shape index (κ2) is 6.30. The van der Waals surface area contributed by atoms with Gasteiger partial charge in [-0.05, 0) is 6.42 Å². The maximum Gasteiger partial charge on any atom is 0.258 e. The van der Waals surface area contributed by atoms with Gasteiger partial charge in [-0.25, -0.2) is 18.2 Å². The van der Waals surface area contributed by atoms with Crippen molar-refractivity contribution in [2.24, 2.45) is 11.8 Å². The molecule has 0 aromatic carbocycles. The largest absolute Gasteiger partial charge is 0.378 e. The number of anilines is 2. The Labute approximate surface area is 168 Å². The van der Waals surface area contributed by atoms with Crippen LogP contribution in [0, 0.1) is 11.8 Å². The van der Waals surface area contributed by atoms with Crippen molar-refractivity contribution in [3.05, 3.63) is 18.7 Å². The lowest BCUT2D eigenvalue weighted by molar-refractivity contribution is 0.0284. The van der Waals surface area contributed by atoms with E-state index in [1.54, 1.807) is 12.4 Å². The summed E-state index contributed by atoms with van der Waals surface area (Å²) in [5.74, 6) is -3.62. The molecule has 3 fully saturated rings. The van der Waals surface area contributed by atoms with Crippen molar-refractivity contribution in [1.82, 2.24) is 29.8 Å². The van der Waals surface area contributed by atoms with Gasteiger partial charge in [-0.1, -0.05) is 0 Å². The zero-order valence-electron chi connectivity index (χ0n) is 15.8. The van der Waals surface area contributed by atoms with Crippen LogP contribution in [0.1, 0.15) is 6.42 Å². The fourth-order valence-electron chi connectivity index (χ4n) is 4.51. The second-order valence-electron chi connectivity index (χ2n) is 8.06. The van der Waals surface area contributed by atoms with Gasteiger partial charge in [0.25, 0.3) is 5.92 Å². The molecule has 0 amide bonds. The molecule has 4 unspecified atom stereocenters. The van der Waals surface area contributed by atoms with Crippen molar-refractivity contribution < 1.29 is 17.9 Å². The third-order valence-corrected chi connectivity index (χ3v) is 6.25. The molecule has 0 bridgehead atoms. The molecule has 3 aromatic rings. The minimum atomic E-state index is -2.59. The summed E-state index contributed by atoms with van der Waals surface area (Å²) in [6.45, 7) is 0.957. The Balaban J connectivity index is 1.39. The van der Waals surface area contributed by atoms with Crippen LogP contribution in [0.4, 0.5) is 24.8 Å². The molecule has 0 spiro atoms. The summed E-state index contributed by atoms with van der Waals surface area (Å²) in [6, 6.07) is -0.445. The fourth-order valence-corrected chi connectivity index (χ4v) is 4.51. The monoisotopic (exact) mass is 420 g/mol. The molecular formula is C18H19F3N8O. The summed E-state index contributed by atoms with van der Waals surface area (Å²) < 4.78 is 48.3. The van der Waals surface area contributed by atoms with Gasteiger partial charge in [0.1, 0.15) is 23.9 Å². The molecule has 3 aliphatic rings. The number of rotatable bonds is 4. The average molecular weight is 420 g/mol. The molecule has 1 aliphatic carbocycles. The Morgan fingerprint density at radius 2 is 2.10 bits per heavy atom. The zero-order valence-corrected chi connectivity index (χ0v) is 15.8. The molecule has 5 heterocycles. The van der Waals surface area contributed by atoms with E-state index in [1.165, 1.54) is 10.8 Å². The van der Waals surface area contributed by atoms with Crippen LogP contribution in [0.25, 0.3) is 16.9 Å². The Morgan fingerprint density at radius 3 is 2.83 bits per heavy atom. The number of halogens is 3. The van der Waals surface area contributed by atoms with E-state index >= 15 is 0 Å². The van der Waals surface area contributed by atoms with E-state index in [0.717, 1.165) is 5.56 Å². The summed E-state index contributed by atoms with van der Waals surface area (Å²) in [5, 5.41) is 14.1. The van der Waals surface area contributed by atoms with Crippen LogP contribution in [-0.4, -0.2) is 74.2 Å². The number of hydrogen-bond acceptors (Lipinski definition) is 7. The number of H-pyrrole nitrogens is 1. The molecule has 9 nitrogen and oxygen atoms in total. The molecular weight excluding hydrogens is 401 g/mol. The van der Waals surface area contributed by atoms with Crippen molar-refractivity contribution >= 4 is 17.3 Å². The third-order valence-electron chi connectivity index (χ3n) is 6.25. The number of nitrogens with zero attached hydrogens (tertiary/aromatic N) is 6. The van der Waals surface area contributed by atoms with Crippen LogP contribution in [0.5, 0.6) is 0 Å². The number of aromatic nitrogens is 6. The normalized spacial score (nSPS) is 29.9. The van der Waals surface area contributed by atoms with Crippen molar-refractivity contribution in [1.29, 1.82) is 0 Å². The van der Waals surface area contributed by atoms with Crippen molar-refractivity contribution in [2.45, 2.75) is 24.6 Å². The summed E-state index contributed by atoms with van der Waals surface area (Å²) in [4.78, 5) is 11.0. The van der Waals surface area contributed by atoms with E-state index in [1.807, 2.05) is 4.90 Å². The number of piperidine rings is 1. The predicted octanol–water partition coefficient (Wildman–Crippen LogP) is 1.75. The first-order valence-corrected chi connectivity index (χ1v) is 9.88. The van der Waals surface area contributed by atoms with Crippen LogP contribution in [-0.2, 0) is 4.74 Å². The first-order valence-electron chi connectivity index (χ1n) is 9.88. The maximum atomic E-state index is 14.1. The van der Waals surface area contributed by atoms with Crippen molar-refractivity contribution in [3.63, 3.8) is 0 Å². The van der Waals surface area contributed by atoms with Crippen LogP contribution in [0.15, 0.2) is 18.7 Å². The van der Waals surface area contributed by atoms with E-state index in [4.69, 9.17) is 4.74 Å². The van der Waals surface area contributed by atoms with E-state index in [2.05, 4.69) is 30.6 Å². The van der Waals surface area contributed by atoms with Crippen molar-refractivity contribution in [3.8, 4) is 11.3 Å². The number of ether oxygens (including phenoxy) is 1. The van der Waals surface area contributed by atoms with Gasteiger partial charge < -0.3 is 15.0 Å². The quantitative estimate of drug-likeness (QED) is 0.664.